The molecule has 3 nitrogen and oxygen atoms in total. The van der Waals surface area contributed by atoms with Crippen LogP contribution in [0.15, 0.2) is 30.3 Å². The third-order valence-electron chi connectivity index (χ3n) is 3.46. The minimum Gasteiger partial charge on any atom is -0.384 e. The summed E-state index contributed by atoms with van der Waals surface area (Å²) in [7, 11) is 0. The maximum absolute atomic E-state index is 5.94. The third kappa shape index (κ3) is 3.60. The third-order valence-corrected chi connectivity index (χ3v) is 3.46. The van der Waals surface area contributed by atoms with Crippen LogP contribution >= 0.6 is 0 Å². The summed E-state index contributed by atoms with van der Waals surface area (Å²) in [6, 6.07) is 10.4. The average molecular weight is 283 g/mol. The van der Waals surface area contributed by atoms with Gasteiger partial charge in [-0.05, 0) is 11.0 Å². The van der Waals surface area contributed by atoms with Gasteiger partial charge in [0.05, 0.1) is 5.69 Å². The second-order valence-corrected chi connectivity index (χ2v) is 7.58. The molecule has 2 aromatic rings. The van der Waals surface area contributed by atoms with Gasteiger partial charge in [0.1, 0.15) is 11.6 Å². The number of nitrogens with two attached hydrogens (primary N) is 1. The van der Waals surface area contributed by atoms with E-state index in [1.807, 2.05) is 6.07 Å². The van der Waals surface area contributed by atoms with Crippen molar-refractivity contribution in [2.45, 2.75) is 52.4 Å². The van der Waals surface area contributed by atoms with Gasteiger partial charge in [0.15, 0.2) is 0 Å². The van der Waals surface area contributed by atoms with E-state index < -0.39 is 0 Å². The Morgan fingerprint density at radius 3 is 1.86 bits per heavy atom. The second kappa shape index (κ2) is 5.14. The summed E-state index contributed by atoms with van der Waals surface area (Å²) >= 11 is 0. The molecule has 0 fully saturated rings. The molecular formula is C18H25N3. The average Bonchev–Trinajstić information content (AvgIpc) is 2.36. The van der Waals surface area contributed by atoms with Crippen LogP contribution in [0.3, 0.4) is 0 Å². The van der Waals surface area contributed by atoms with Gasteiger partial charge in [0.25, 0.3) is 0 Å². The van der Waals surface area contributed by atoms with E-state index >= 15 is 0 Å². The van der Waals surface area contributed by atoms with Crippen molar-refractivity contribution >= 4 is 5.82 Å². The van der Waals surface area contributed by atoms with E-state index in [1.165, 1.54) is 5.56 Å². The standard InChI is InChI=1S/C18H25N3/c1-17(2,3)13-9-7-12(8-10-13)14-11-15(19)21-16(20-14)18(4,5)6/h7-11H,1-6H3,(H2,19,20,21). The molecule has 112 valence electrons. The molecular weight excluding hydrogens is 258 g/mol. The molecule has 1 aromatic heterocycles. The molecule has 0 radical (unpaired) electrons. The number of anilines is 1. The molecule has 0 spiro atoms. The molecule has 0 atom stereocenters. The zero-order valence-corrected chi connectivity index (χ0v) is 13.9. The summed E-state index contributed by atoms with van der Waals surface area (Å²) in [5.74, 6) is 1.29. The fourth-order valence-corrected chi connectivity index (χ4v) is 2.09. The molecule has 0 aliphatic carbocycles. The molecule has 0 saturated heterocycles. The van der Waals surface area contributed by atoms with Crippen LogP contribution in [0, 0.1) is 0 Å². The first-order valence-corrected chi connectivity index (χ1v) is 7.33. The molecule has 21 heavy (non-hydrogen) atoms. The fraction of sp³-hybridized carbons (Fsp3) is 0.444. The zero-order chi connectivity index (χ0) is 15.8. The van der Waals surface area contributed by atoms with Gasteiger partial charge in [-0.2, -0.15) is 0 Å². The Morgan fingerprint density at radius 1 is 0.810 bits per heavy atom. The zero-order valence-electron chi connectivity index (χ0n) is 13.9. The van der Waals surface area contributed by atoms with Crippen molar-refractivity contribution in [1.82, 2.24) is 9.97 Å². The topological polar surface area (TPSA) is 51.8 Å². The minimum atomic E-state index is -0.116. The smallest absolute Gasteiger partial charge is 0.136 e. The van der Waals surface area contributed by atoms with Gasteiger partial charge in [0.2, 0.25) is 0 Å². The number of benzene rings is 1. The van der Waals surface area contributed by atoms with Crippen molar-refractivity contribution < 1.29 is 0 Å². The molecule has 3 heteroatoms. The Morgan fingerprint density at radius 2 is 1.38 bits per heavy atom. The van der Waals surface area contributed by atoms with Gasteiger partial charge in [-0.3, -0.25) is 0 Å². The highest BCUT2D eigenvalue weighted by Gasteiger charge is 2.19. The molecule has 1 heterocycles. The molecule has 0 aliphatic rings. The number of nitrogen functional groups attached to an aromatic ring is 1. The molecule has 1 aromatic carbocycles. The van der Waals surface area contributed by atoms with Crippen molar-refractivity contribution in [3.05, 3.63) is 41.7 Å². The lowest BCUT2D eigenvalue weighted by Crippen LogP contribution is -2.17. The highest BCUT2D eigenvalue weighted by atomic mass is 15.0. The van der Waals surface area contributed by atoms with E-state index in [9.17, 15) is 0 Å². The van der Waals surface area contributed by atoms with Crippen LogP contribution in [0.1, 0.15) is 52.9 Å². The van der Waals surface area contributed by atoms with Gasteiger partial charge in [0, 0.05) is 17.0 Å². The van der Waals surface area contributed by atoms with Crippen LogP contribution in [0.5, 0.6) is 0 Å². The van der Waals surface area contributed by atoms with E-state index in [2.05, 4.69) is 75.8 Å². The van der Waals surface area contributed by atoms with Crippen LogP contribution in [0.25, 0.3) is 11.3 Å². The predicted octanol–water partition coefficient (Wildman–Crippen LogP) is 4.32. The summed E-state index contributed by atoms with van der Waals surface area (Å²) in [4.78, 5) is 9.03. The van der Waals surface area contributed by atoms with E-state index in [0.29, 0.717) is 5.82 Å². The van der Waals surface area contributed by atoms with Gasteiger partial charge < -0.3 is 5.73 Å². The van der Waals surface area contributed by atoms with Crippen LogP contribution in [-0.2, 0) is 10.8 Å². The van der Waals surface area contributed by atoms with Crippen molar-refractivity contribution in [3.8, 4) is 11.3 Å². The number of aromatic nitrogens is 2. The Bertz CT molecular complexity index is 629. The van der Waals surface area contributed by atoms with E-state index in [-0.39, 0.29) is 10.8 Å². The van der Waals surface area contributed by atoms with Crippen molar-refractivity contribution in [2.75, 3.05) is 5.73 Å². The number of rotatable bonds is 1. The molecule has 0 unspecified atom stereocenters. The Labute approximate surface area is 127 Å². The molecule has 0 bridgehead atoms. The molecule has 0 aliphatic heterocycles. The molecule has 0 amide bonds. The van der Waals surface area contributed by atoms with Crippen molar-refractivity contribution in [3.63, 3.8) is 0 Å². The lowest BCUT2D eigenvalue weighted by molar-refractivity contribution is 0.547. The molecule has 2 N–H and O–H groups in total. The maximum Gasteiger partial charge on any atom is 0.136 e. The van der Waals surface area contributed by atoms with Crippen molar-refractivity contribution in [1.29, 1.82) is 0 Å². The van der Waals surface area contributed by atoms with Gasteiger partial charge in [-0.25, -0.2) is 9.97 Å². The lowest BCUT2D eigenvalue weighted by Gasteiger charge is -2.20. The Hall–Kier alpha value is -1.90. The van der Waals surface area contributed by atoms with Crippen LogP contribution in [-0.4, -0.2) is 9.97 Å². The summed E-state index contributed by atoms with van der Waals surface area (Å²) in [6.45, 7) is 12.9. The largest absolute Gasteiger partial charge is 0.384 e. The first-order chi connectivity index (χ1) is 9.57. The number of hydrogen-bond acceptors (Lipinski definition) is 3. The molecule has 2 rings (SSSR count). The fourth-order valence-electron chi connectivity index (χ4n) is 2.09. The summed E-state index contributed by atoms with van der Waals surface area (Å²) in [5.41, 5.74) is 9.24. The Balaban J connectivity index is 2.45. The first-order valence-electron chi connectivity index (χ1n) is 7.33. The number of hydrogen-bond donors (Lipinski definition) is 1. The Kier molecular flexibility index (Phi) is 3.79. The highest BCUT2D eigenvalue weighted by molar-refractivity contribution is 5.62. The van der Waals surface area contributed by atoms with Crippen molar-refractivity contribution in [2.24, 2.45) is 0 Å². The van der Waals surface area contributed by atoms with Crippen LogP contribution < -0.4 is 5.73 Å². The van der Waals surface area contributed by atoms with Gasteiger partial charge in [-0.15, -0.1) is 0 Å². The number of nitrogens with zero attached hydrogens (tertiary/aromatic N) is 2. The second-order valence-electron chi connectivity index (χ2n) is 7.58. The van der Waals surface area contributed by atoms with Crippen LogP contribution in [0.2, 0.25) is 0 Å². The van der Waals surface area contributed by atoms with E-state index in [0.717, 1.165) is 17.1 Å². The SMILES string of the molecule is CC(C)(C)c1ccc(-c2cc(N)nc(C(C)(C)C)n2)cc1. The highest BCUT2D eigenvalue weighted by Crippen LogP contribution is 2.27. The monoisotopic (exact) mass is 283 g/mol. The van der Waals surface area contributed by atoms with E-state index in [4.69, 9.17) is 5.73 Å². The van der Waals surface area contributed by atoms with Gasteiger partial charge >= 0.3 is 0 Å². The van der Waals surface area contributed by atoms with E-state index in [1.54, 1.807) is 0 Å². The quantitative estimate of drug-likeness (QED) is 0.848. The summed E-state index contributed by atoms with van der Waals surface area (Å²) in [6.07, 6.45) is 0. The summed E-state index contributed by atoms with van der Waals surface area (Å²) in [5, 5.41) is 0. The summed E-state index contributed by atoms with van der Waals surface area (Å²) < 4.78 is 0. The molecule has 0 saturated carbocycles. The minimum absolute atomic E-state index is 0.116. The van der Waals surface area contributed by atoms with Gasteiger partial charge in [-0.1, -0.05) is 65.8 Å². The predicted molar refractivity (Wildman–Crippen MR) is 89.3 cm³/mol. The van der Waals surface area contributed by atoms with Crippen LogP contribution in [0.4, 0.5) is 5.82 Å². The maximum atomic E-state index is 5.94. The first kappa shape index (κ1) is 15.5. The lowest BCUT2D eigenvalue weighted by atomic mass is 9.86. The normalized spacial score (nSPS) is 12.5.